The first-order valence-corrected chi connectivity index (χ1v) is 5.33. The number of nitrogens with zero attached hydrogens (tertiary/aromatic N) is 1. The van der Waals surface area contributed by atoms with E-state index in [0.717, 1.165) is 22.4 Å². The predicted octanol–water partition coefficient (Wildman–Crippen LogP) is 2.06. The first-order valence-electron chi connectivity index (χ1n) is 5.33. The van der Waals surface area contributed by atoms with E-state index in [1.807, 2.05) is 25.1 Å². The fourth-order valence-electron chi connectivity index (χ4n) is 1.80. The molecule has 4 heteroatoms. The van der Waals surface area contributed by atoms with E-state index >= 15 is 0 Å². The van der Waals surface area contributed by atoms with Gasteiger partial charge in [-0.15, -0.1) is 0 Å². The Kier molecular flexibility index (Phi) is 2.95. The van der Waals surface area contributed by atoms with Gasteiger partial charge in [0.15, 0.2) is 0 Å². The SMILES string of the molecule is COc1ccc(-c2cn[nH]c(=O)c2C)c(C)c1. The maximum Gasteiger partial charge on any atom is 0.267 e. The largest absolute Gasteiger partial charge is 0.497 e. The highest BCUT2D eigenvalue weighted by atomic mass is 16.5. The lowest BCUT2D eigenvalue weighted by Crippen LogP contribution is -2.12. The molecule has 0 aliphatic carbocycles. The van der Waals surface area contributed by atoms with E-state index < -0.39 is 0 Å². The van der Waals surface area contributed by atoms with Crippen molar-refractivity contribution in [3.05, 3.63) is 45.9 Å². The first kappa shape index (κ1) is 11.4. The van der Waals surface area contributed by atoms with Gasteiger partial charge in [0.2, 0.25) is 0 Å². The van der Waals surface area contributed by atoms with Crippen molar-refractivity contribution in [1.82, 2.24) is 10.2 Å². The Morgan fingerprint density at radius 3 is 2.65 bits per heavy atom. The van der Waals surface area contributed by atoms with Gasteiger partial charge in [0, 0.05) is 11.1 Å². The van der Waals surface area contributed by atoms with Crippen molar-refractivity contribution in [2.75, 3.05) is 7.11 Å². The van der Waals surface area contributed by atoms with Gasteiger partial charge < -0.3 is 4.74 Å². The molecule has 2 rings (SSSR count). The van der Waals surface area contributed by atoms with Crippen LogP contribution in [0.15, 0.2) is 29.2 Å². The maximum atomic E-state index is 11.5. The van der Waals surface area contributed by atoms with Crippen LogP contribution < -0.4 is 10.3 Å². The summed E-state index contributed by atoms with van der Waals surface area (Å²) < 4.78 is 5.16. The summed E-state index contributed by atoms with van der Waals surface area (Å²) in [5.74, 6) is 0.807. The Bertz CT molecular complexity index is 603. The smallest absolute Gasteiger partial charge is 0.267 e. The lowest BCUT2D eigenvalue weighted by molar-refractivity contribution is 0.414. The number of benzene rings is 1. The average molecular weight is 230 g/mol. The second-order valence-corrected chi connectivity index (χ2v) is 3.92. The first-order chi connectivity index (χ1) is 8.13. The number of aromatic nitrogens is 2. The zero-order valence-corrected chi connectivity index (χ0v) is 10.1. The molecule has 0 amide bonds. The van der Waals surface area contributed by atoms with E-state index in [2.05, 4.69) is 10.2 Å². The molecule has 2 aromatic rings. The van der Waals surface area contributed by atoms with Gasteiger partial charge in [0.1, 0.15) is 5.75 Å². The molecule has 1 aromatic carbocycles. The van der Waals surface area contributed by atoms with E-state index in [1.165, 1.54) is 0 Å². The standard InChI is InChI=1S/C13H14N2O2/c1-8-6-10(17-3)4-5-11(8)12-7-14-15-13(16)9(12)2/h4-7H,1-3H3,(H,15,16). The van der Waals surface area contributed by atoms with E-state index in [4.69, 9.17) is 4.74 Å². The maximum absolute atomic E-state index is 11.5. The highest BCUT2D eigenvalue weighted by Crippen LogP contribution is 2.27. The molecule has 0 bridgehead atoms. The van der Waals surface area contributed by atoms with E-state index in [1.54, 1.807) is 20.2 Å². The van der Waals surface area contributed by atoms with Crippen LogP contribution in [0.25, 0.3) is 11.1 Å². The van der Waals surface area contributed by atoms with Gasteiger partial charge in [-0.1, -0.05) is 6.07 Å². The van der Waals surface area contributed by atoms with Crippen LogP contribution >= 0.6 is 0 Å². The monoisotopic (exact) mass is 230 g/mol. The molecular weight excluding hydrogens is 216 g/mol. The van der Waals surface area contributed by atoms with Crippen molar-refractivity contribution in [2.24, 2.45) is 0 Å². The molecule has 0 spiro atoms. The number of nitrogens with one attached hydrogen (secondary N) is 1. The molecule has 17 heavy (non-hydrogen) atoms. The highest BCUT2D eigenvalue weighted by molar-refractivity contribution is 5.69. The van der Waals surface area contributed by atoms with E-state index in [-0.39, 0.29) is 5.56 Å². The van der Waals surface area contributed by atoms with Crippen LogP contribution in [0, 0.1) is 13.8 Å². The number of aryl methyl sites for hydroxylation is 1. The molecule has 88 valence electrons. The summed E-state index contributed by atoms with van der Waals surface area (Å²) in [6.07, 6.45) is 1.67. The molecule has 0 radical (unpaired) electrons. The lowest BCUT2D eigenvalue weighted by Gasteiger charge is -2.09. The van der Waals surface area contributed by atoms with Crippen LogP contribution in [0.1, 0.15) is 11.1 Å². The molecule has 0 atom stereocenters. The molecular formula is C13H14N2O2. The Hall–Kier alpha value is -2.10. The Morgan fingerprint density at radius 2 is 2.00 bits per heavy atom. The molecule has 0 aliphatic rings. The second-order valence-electron chi connectivity index (χ2n) is 3.92. The van der Waals surface area contributed by atoms with E-state index in [0.29, 0.717) is 5.56 Å². The van der Waals surface area contributed by atoms with Gasteiger partial charge >= 0.3 is 0 Å². The van der Waals surface area contributed by atoms with Crippen molar-refractivity contribution in [3.8, 4) is 16.9 Å². The molecule has 1 N–H and O–H groups in total. The van der Waals surface area contributed by atoms with Crippen LogP contribution in [0.4, 0.5) is 0 Å². The topological polar surface area (TPSA) is 55.0 Å². The number of hydrogen-bond donors (Lipinski definition) is 1. The van der Waals surface area contributed by atoms with Crippen molar-refractivity contribution >= 4 is 0 Å². The normalized spacial score (nSPS) is 10.3. The molecule has 0 saturated heterocycles. The number of rotatable bonds is 2. The lowest BCUT2D eigenvalue weighted by atomic mass is 9.99. The number of methoxy groups -OCH3 is 1. The summed E-state index contributed by atoms with van der Waals surface area (Å²) in [7, 11) is 1.63. The minimum Gasteiger partial charge on any atom is -0.497 e. The zero-order valence-electron chi connectivity index (χ0n) is 10.1. The van der Waals surface area contributed by atoms with Crippen molar-refractivity contribution in [2.45, 2.75) is 13.8 Å². The molecule has 4 nitrogen and oxygen atoms in total. The van der Waals surface area contributed by atoms with Crippen molar-refractivity contribution in [1.29, 1.82) is 0 Å². The molecule has 0 fully saturated rings. The summed E-state index contributed by atoms with van der Waals surface area (Å²) in [6, 6.07) is 5.76. The molecule has 1 aromatic heterocycles. The van der Waals surface area contributed by atoms with E-state index in [9.17, 15) is 4.79 Å². The number of H-pyrrole nitrogens is 1. The van der Waals surface area contributed by atoms with Crippen molar-refractivity contribution < 1.29 is 4.74 Å². The van der Waals surface area contributed by atoms with Gasteiger partial charge in [-0.3, -0.25) is 4.79 Å². The average Bonchev–Trinajstić information content (AvgIpc) is 2.33. The second kappa shape index (κ2) is 4.41. The minimum absolute atomic E-state index is 0.155. The van der Waals surface area contributed by atoms with Gasteiger partial charge in [-0.05, 0) is 37.1 Å². The third-order valence-corrected chi connectivity index (χ3v) is 2.83. The zero-order chi connectivity index (χ0) is 12.4. The summed E-state index contributed by atoms with van der Waals surface area (Å²) in [5.41, 5.74) is 3.43. The minimum atomic E-state index is -0.155. The summed E-state index contributed by atoms with van der Waals surface area (Å²) in [6.45, 7) is 3.78. The van der Waals surface area contributed by atoms with Gasteiger partial charge in [-0.2, -0.15) is 5.10 Å². The quantitative estimate of drug-likeness (QED) is 0.859. The molecule has 1 heterocycles. The molecule has 0 aliphatic heterocycles. The van der Waals surface area contributed by atoms with Crippen LogP contribution in [0.3, 0.4) is 0 Å². The third kappa shape index (κ3) is 2.06. The Labute approximate surface area is 99.3 Å². The van der Waals surface area contributed by atoms with Crippen LogP contribution in [0.2, 0.25) is 0 Å². The van der Waals surface area contributed by atoms with Gasteiger partial charge in [0.05, 0.1) is 13.3 Å². The van der Waals surface area contributed by atoms with Crippen LogP contribution in [0.5, 0.6) is 5.75 Å². The highest BCUT2D eigenvalue weighted by Gasteiger charge is 2.08. The van der Waals surface area contributed by atoms with Gasteiger partial charge in [0.25, 0.3) is 5.56 Å². The summed E-state index contributed by atoms with van der Waals surface area (Å²) in [4.78, 5) is 11.5. The van der Waals surface area contributed by atoms with Gasteiger partial charge in [-0.25, -0.2) is 5.10 Å². The molecule has 0 saturated carbocycles. The predicted molar refractivity (Wildman–Crippen MR) is 66.3 cm³/mol. The third-order valence-electron chi connectivity index (χ3n) is 2.83. The number of hydrogen-bond acceptors (Lipinski definition) is 3. The molecule has 0 unspecified atom stereocenters. The van der Waals surface area contributed by atoms with Crippen molar-refractivity contribution in [3.63, 3.8) is 0 Å². The fraction of sp³-hybridized carbons (Fsp3) is 0.231. The number of aromatic amines is 1. The Morgan fingerprint density at radius 1 is 1.24 bits per heavy atom. The van der Waals surface area contributed by atoms with Crippen LogP contribution in [-0.4, -0.2) is 17.3 Å². The summed E-state index contributed by atoms with van der Waals surface area (Å²) >= 11 is 0. The summed E-state index contributed by atoms with van der Waals surface area (Å²) in [5, 5.41) is 6.26. The number of ether oxygens (including phenoxy) is 1. The Balaban J connectivity index is 2.61. The fourth-order valence-corrected chi connectivity index (χ4v) is 1.80. The van der Waals surface area contributed by atoms with Crippen LogP contribution in [-0.2, 0) is 0 Å².